The van der Waals surface area contributed by atoms with Crippen LogP contribution in [-0.2, 0) is 4.79 Å². The predicted octanol–water partition coefficient (Wildman–Crippen LogP) is 2.29. The van der Waals surface area contributed by atoms with Crippen molar-refractivity contribution in [3.8, 4) is 5.75 Å². The van der Waals surface area contributed by atoms with Crippen LogP contribution in [0.1, 0.15) is 37.0 Å². The van der Waals surface area contributed by atoms with Gasteiger partial charge >= 0.3 is 0 Å². The minimum atomic E-state index is -1.37. The van der Waals surface area contributed by atoms with E-state index in [1.807, 2.05) is 26.2 Å². The number of imide groups is 1. The van der Waals surface area contributed by atoms with Gasteiger partial charge in [0.2, 0.25) is 5.91 Å². The van der Waals surface area contributed by atoms with Crippen LogP contribution < -0.4 is 5.32 Å². The lowest BCUT2D eigenvalue weighted by atomic mass is 9.96. The molecular formula is C16H22F2N2O3. The van der Waals surface area contributed by atoms with Crippen LogP contribution in [0.25, 0.3) is 0 Å². The Balaban J connectivity index is 0.00000127. The predicted molar refractivity (Wildman–Crippen MR) is 82.1 cm³/mol. The molecule has 23 heavy (non-hydrogen) atoms. The molecule has 1 aliphatic rings. The lowest BCUT2D eigenvalue weighted by Crippen LogP contribution is -2.41. The van der Waals surface area contributed by atoms with Gasteiger partial charge in [-0.2, -0.15) is 0 Å². The van der Waals surface area contributed by atoms with E-state index in [9.17, 15) is 23.5 Å². The summed E-state index contributed by atoms with van der Waals surface area (Å²) in [4.78, 5) is 25.8. The zero-order valence-corrected chi connectivity index (χ0v) is 13.5. The summed E-state index contributed by atoms with van der Waals surface area (Å²) >= 11 is 0. The first-order chi connectivity index (χ1) is 10.9. The normalized spacial score (nSPS) is 15.5. The maximum atomic E-state index is 13.6. The second-order valence-corrected chi connectivity index (χ2v) is 5.15. The third-order valence-corrected chi connectivity index (χ3v) is 3.62. The van der Waals surface area contributed by atoms with E-state index in [-0.39, 0.29) is 5.92 Å². The van der Waals surface area contributed by atoms with Crippen molar-refractivity contribution in [1.82, 2.24) is 10.2 Å². The molecule has 1 heterocycles. The van der Waals surface area contributed by atoms with Crippen molar-refractivity contribution in [2.75, 3.05) is 20.1 Å². The molecule has 0 unspecified atom stereocenters. The van der Waals surface area contributed by atoms with Gasteiger partial charge in [0.25, 0.3) is 5.91 Å². The van der Waals surface area contributed by atoms with E-state index in [1.54, 1.807) is 0 Å². The molecule has 0 aromatic heterocycles. The summed E-state index contributed by atoms with van der Waals surface area (Å²) in [5, 5.41) is 11.2. The minimum absolute atomic E-state index is 0.353. The summed E-state index contributed by atoms with van der Waals surface area (Å²) in [5.41, 5.74) is -0.948. The molecule has 0 spiro atoms. The number of carbonyl (C=O) groups excluding carboxylic acids is 2. The zero-order chi connectivity index (χ0) is 17.6. The zero-order valence-electron chi connectivity index (χ0n) is 13.5. The molecule has 128 valence electrons. The number of rotatable bonds is 2. The molecule has 1 aromatic rings. The Labute approximate surface area is 134 Å². The Hall–Kier alpha value is -2.02. The Kier molecular flexibility index (Phi) is 7.09. The first-order valence-electron chi connectivity index (χ1n) is 7.61. The highest BCUT2D eigenvalue weighted by Gasteiger charge is 2.27. The molecule has 1 fully saturated rings. The minimum Gasteiger partial charge on any atom is -0.505 e. The van der Waals surface area contributed by atoms with E-state index >= 15 is 0 Å². The van der Waals surface area contributed by atoms with Crippen LogP contribution in [0.5, 0.6) is 5.75 Å². The van der Waals surface area contributed by atoms with Gasteiger partial charge in [-0.25, -0.2) is 8.78 Å². The number of carbonyl (C=O) groups is 2. The van der Waals surface area contributed by atoms with Gasteiger partial charge < -0.3 is 10.0 Å². The number of hydrogen-bond acceptors (Lipinski definition) is 4. The van der Waals surface area contributed by atoms with E-state index in [1.165, 1.54) is 0 Å². The van der Waals surface area contributed by atoms with Gasteiger partial charge in [0.05, 0.1) is 0 Å². The number of aromatic hydroxyl groups is 1. The fraction of sp³-hybridized carbons (Fsp3) is 0.500. The summed E-state index contributed by atoms with van der Waals surface area (Å²) in [7, 11) is 1.93. The molecule has 7 heteroatoms. The number of likely N-dealkylation sites (tertiary alicyclic amines) is 1. The Morgan fingerprint density at radius 2 is 1.78 bits per heavy atom. The smallest absolute Gasteiger partial charge is 0.263 e. The molecule has 5 nitrogen and oxygen atoms in total. The van der Waals surface area contributed by atoms with Gasteiger partial charge in [0.1, 0.15) is 11.4 Å². The van der Waals surface area contributed by atoms with Crippen LogP contribution in [0, 0.1) is 17.6 Å². The molecule has 0 saturated carbocycles. The first kappa shape index (κ1) is 19.0. The average Bonchev–Trinajstić information content (AvgIpc) is 2.54. The molecule has 1 saturated heterocycles. The van der Waals surface area contributed by atoms with Gasteiger partial charge in [0, 0.05) is 5.92 Å². The van der Waals surface area contributed by atoms with Crippen molar-refractivity contribution in [3.63, 3.8) is 0 Å². The van der Waals surface area contributed by atoms with Gasteiger partial charge in [-0.15, -0.1) is 0 Å². The quantitative estimate of drug-likeness (QED) is 0.817. The van der Waals surface area contributed by atoms with E-state index < -0.39 is 34.8 Å². The van der Waals surface area contributed by atoms with Crippen LogP contribution in [-0.4, -0.2) is 42.0 Å². The van der Waals surface area contributed by atoms with Gasteiger partial charge in [-0.3, -0.25) is 14.9 Å². The standard InChI is InChI=1S/C14H16F2N2O3.C2H6/c1-18-6-4-8(5-7-18)13(20)17-14(21)11-9(15)2-3-10(19)12(11)16;1-2/h2-3,8,19H,4-7H2,1H3,(H,17,20,21);1-2H3. The fourth-order valence-electron chi connectivity index (χ4n) is 2.30. The van der Waals surface area contributed by atoms with Crippen molar-refractivity contribution in [3.05, 3.63) is 29.3 Å². The number of piperidine rings is 1. The van der Waals surface area contributed by atoms with E-state index in [0.717, 1.165) is 25.2 Å². The average molecular weight is 328 g/mol. The second-order valence-electron chi connectivity index (χ2n) is 5.15. The maximum absolute atomic E-state index is 13.6. The molecule has 0 atom stereocenters. The Morgan fingerprint density at radius 3 is 2.35 bits per heavy atom. The van der Waals surface area contributed by atoms with E-state index in [0.29, 0.717) is 12.8 Å². The summed E-state index contributed by atoms with van der Waals surface area (Å²) < 4.78 is 27.1. The van der Waals surface area contributed by atoms with Crippen LogP contribution in [0.2, 0.25) is 0 Å². The number of hydrogen-bond donors (Lipinski definition) is 2. The van der Waals surface area contributed by atoms with E-state index in [2.05, 4.69) is 4.90 Å². The lowest BCUT2D eigenvalue weighted by molar-refractivity contribution is -0.125. The fourth-order valence-corrected chi connectivity index (χ4v) is 2.30. The number of amides is 2. The van der Waals surface area contributed by atoms with Crippen LogP contribution in [0.4, 0.5) is 8.78 Å². The third-order valence-electron chi connectivity index (χ3n) is 3.62. The van der Waals surface area contributed by atoms with Crippen molar-refractivity contribution >= 4 is 11.8 Å². The topological polar surface area (TPSA) is 69.6 Å². The number of nitrogens with zero attached hydrogens (tertiary/aromatic N) is 1. The summed E-state index contributed by atoms with van der Waals surface area (Å²) in [6, 6.07) is 1.58. The van der Waals surface area contributed by atoms with Crippen molar-refractivity contribution in [2.45, 2.75) is 26.7 Å². The monoisotopic (exact) mass is 328 g/mol. The van der Waals surface area contributed by atoms with Crippen LogP contribution in [0.15, 0.2) is 12.1 Å². The number of benzene rings is 1. The summed E-state index contributed by atoms with van der Waals surface area (Å²) in [6.45, 7) is 5.45. The molecule has 0 radical (unpaired) electrons. The van der Waals surface area contributed by atoms with Crippen molar-refractivity contribution in [2.24, 2.45) is 5.92 Å². The molecule has 2 rings (SSSR count). The summed E-state index contributed by atoms with van der Waals surface area (Å²) in [5.74, 6) is -5.41. The maximum Gasteiger partial charge on any atom is 0.263 e. The highest BCUT2D eigenvalue weighted by molar-refractivity contribution is 6.05. The van der Waals surface area contributed by atoms with Crippen LogP contribution in [0.3, 0.4) is 0 Å². The number of nitrogens with one attached hydrogen (secondary N) is 1. The second kappa shape index (κ2) is 8.57. The molecule has 0 bridgehead atoms. The van der Waals surface area contributed by atoms with Crippen molar-refractivity contribution < 1.29 is 23.5 Å². The molecule has 1 aromatic carbocycles. The Morgan fingerprint density at radius 1 is 1.22 bits per heavy atom. The van der Waals surface area contributed by atoms with E-state index in [4.69, 9.17) is 0 Å². The lowest BCUT2D eigenvalue weighted by Gasteiger charge is -2.27. The highest BCUT2D eigenvalue weighted by Crippen LogP contribution is 2.22. The first-order valence-corrected chi connectivity index (χ1v) is 7.61. The number of halogens is 2. The molecule has 1 aliphatic heterocycles. The number of phenolic OH excluding ortho intramolecular Hbond substituents is 1. The molecule has 2 amide bonds. The molecular weight excluding hydrogens is 306 g/mol. The van der Waals surface area contributed by atoms with Gasteiger partial charge in [-0.1, -0.05) is 13.8 Å². The SMILES string of the molecule is CC.CN1CCC(C(=O)NC(=O)c2c(F)ccc(O)c2F)CC1. The Bertz CT molecular complexity index is 571. The molecule has 0 aliphatic carbocycles. The molecule has 2 N–H and O–H groups in total. The van der Waals surface area contributed by atoms with Crippen LogP contribution >= 0.6 is 0 Å². The summed E-state index contributed by atoms with van der Waals surface area (Å²) in [6.07, 6.45) is 1.17. The third kappa shape index (κ3) is 4.72. The van der Waals surface area contributed by atoms with Gasteiger partial charge in [-0.05, 0) is 45.1 Å². The largest absolute Gasteiger partial charge is 0.505 e. The highest BCUT2D eigenvalue weighted by atomic mass is 19.1. The number of phenols is 1. The van der Waals surface area contributed by atoms with Gasteiger partial charge in [0.15, 0.2) is 11.6 Å². The van der Waals surface area contributed by atoms with Crippen molar-refractivity contribution in [1.29, 1.82) is 0 Å².